The number of aromatic nitrogens is 4. The van der Waals surface area contributed by atoms with Gasteiger partial charge >= 0.3 is 36.6 Å². The predicted molar refractivity (Wildman–Crippen MR) is 564 cm³/mol. The minimum Gasteiger partial charge on any atom is -1.00 e. The van der Waals surface area contributed by atoms with E-state index in [0.717, 1.165) is 68.0 Å². The Bertz CT molecular complexity index is 6600. The van der Waals surface area contributed by atoms with Crippen LogP contribution in [0.2, 0.25) is 0 Å². The quantitative estimate of drug-likeness (QED) is 0.00257. The van der Waals surface area contributed by atoms with E-state index in [1.807, 2.05) is 76.2 Å². The number of carbonyl (C=O) groups excluding carboxylic acids is 1. The topological polar surface area (TPSA) is 597 Å². The van der Waals surface area contributed by atoms with Gasteiger partial charge in [-0.05, 0) is 220 Å². The van der Waals surface area contributed by atoms with E-state index in [0.29, 0.717) is 47.5 Å². The first-order chi connectivity index (χ1) is 62.9. The van der Waals surface area contributed by atoms with Gasteiger partial charge in [0.2, 0.25) is 0 Å². The third-order valence-corrected chi connectivity index (χ3v) is 41.1. The van der Waals surface area contributed by atoms with E-state index >= 15 is 0 Å². The standard InChI is InChI=1S/C22H24N3O4PS.C12H11N3O2.C9H12NO5PS.C9H14NO3PS.C9H12NO3PS.C8H9Cl2O4PS.C6H5NO2S.C6H15O3P.C4H11OP.CH3.BrH.Mg/c1-15-4-8-17(9-5-15)19-13-24-22(23)21(25-19)20(26)12-16-6-10-18(11-7-16)31(28,29)14-30(2,3)27;1-7-2-4-8(5-3-7)9-6-14-11(13)10(15-9)12(16)17;1-16(2,13)7-17(14,15)9-5-3-8(4-6-9)10(11)12;1-14(2,11)7-15(12,13)9-5-3-8(10)4-6-9;1-14(2,13)7-15-9-5-3-8(4-6-9)10(11)12;1-7-2-4-8(5-3-7)16(12,13)14-6-15(9,10)11;8-7(9)5-1-3-6(10)4-2-5;1-4-8-10(7,6-3)9-5-2;1-4-6(2,3)5;;;/h4-11,13H,12,14H2,1-3H3,(H2,23,24);2-6H,1H3,(H2,13,14)(H,16,17);3-6H,7H2,1-2H3;3-6H,7,10H2,1-2H3;3-6H,7H2,1-2H3;2-5H,6H2,1H3;1-4,10H;4-6H2,1-3H3;4H2,1-3H3;1H3;1H;/q;;;;;;;;;-1;;+2/p-1. The molecule has 0 saturated carbocycles. The van der Waals surface area contributed by atoms with Crippen LogP contribution in [0.15, 0.2) is 236 Å². The molecule has 0 aliphatic heterocycles. The van der Waals surface area contributed by atoms with Crippen LogP contribution in [0, 0.1) is 58.5 Å². The summed E-state index contributed by atoms with van der Waals surface area (Å²) < 4.78 is 188. The van der Waals surface area contributed by atoms with Gasteiger partial charge in [0, 0.05) is 75.6 Å². The zero-order valence-corrected chi connectivity index (χ0v) is 95.8. The van der Waals surface area contributed by atoms with Gasteiger partial charge < -0.3 is 78.6 Å². The van der Waals surface area contributed by atoms with Crippen LogP contribution in [-0.2, 0) is 91.2 Å². The molecule has 766 valence electrons. The summed E-state index contributed by atoms with van der Waals surface area (Å²) in [5, 5.41) is 39.8. The largest absolute Gasteiger partial charge is 2.00 e. The van der Waals surface area contributed by atoms with Crippen LogP contribution in [0.1, 0.15) is 70.9 Å². The van der Waals surface area contributed by atoms with Crippen LogP contribution in [0.5, 0.6) is 0 Å². The van der Waals surface area contributed by atoms with E-state index in [4.69, 9.17) is 53.8 Å². The van der Waals surface area contributed by atoms with Crippen molar-refractivity contribution >= 4 is 205 Å². The number of thiol groups is 1. The number of carbonyl (C=O) groups is 2. The van der Waals surface area contributed by atoms with E-state index in [1.165, 1.54) is 137 Å². The molecular weight excluding hydrogens is 2190 g/mol. The Labute approximate surface area is 864 Å². The number of nitrogens with two attached hydrogens (primary N) is 3. The molecule has 0 aliphatic rings. The van der Waals surface area contributed by atoms with Crippen LogP contribution in [0.4, 0.5) is 34.4 Å². The number of Topliss-reactive ketones (excluding diaryl/α,β-unsaturated/α-hetero) is 1. The minimum absolute atomic E-state index is 0. The van der Waals surface area contributed by atoms with Gasteiger partial charge in [0.05, 0.1) is 113 Å². The SMILES string of the molecule is CCOP(=O)(CC)OCC.CCP(C)(C)=O.CP(C)(=O)CS(=O)(=O)c1ccc(N)cc1.CP(C)(=O)CS(=O)(=O)c1ccc([N+](=O)[O-])cc1.CP(C)(=O)CSc1ccc([N+](=O)[O-])cc1.Cc1ccc(-c2cnc(N)c(C(=O)Cc3ccc(S(=O)(=O)CP(C)(C)=O)cc3)n2)cc1.Cc1ccc(-c2cnc(N)c(C(=O)O)n2)cc1.Cc1ccc(S(=O)(=O)OCP(=O)(Cl)Cl)cc1.O=[N+]([O-])c1ccc(S)cc1.[Br-].[CH3-].[Mg+2]. The molecule has 0 aliphatic carbocycles. The van der Waals surface area contributed by atoms with Gasteiger partial charge in [0.15, 0.2) is 52.6 Å². The number of benzene rings is 8. The molecule has 0 unspecified atom stereocenters. The maximum absolute atomic E-state index is 12.8. The number of hydrogen-bond donors (Lipinski definition) is 5. The van der Waals surface area contributed by atoms with E-state index < -0.39 is 127 Å². The molecule has 8 aromatic carbocycles. The Kier molecular flexibility index (Phi) is 58.7. The first-order valence-corrected chi connectivity index (χ1v) is 67.4. The molecule has 0 spiro atoms. The van der Waals surface area contributed by atoms with Crippen molar-refractivity contribution in [3.8, 4) is 22.5 Å². The number of nitrogens with zero attached hydrogens (tertiary/aromatic N) is 7. The maximum Gasteiger partial charge on any atom is 2.00 e. The fourth-order valence-electron chi connectivity index (χ4n) is 9.86. The number of aryl methyl sites for hydroxylation is 3. The smallest absolute Gasteiger partial charge is 1.00 e. The molecular formula is C86H116BrCl2MgN10O27P7S6. The van der Waals surface area contributed by atoms with Crippen molar-refractivity contribution in [2.45, 2.75) is 84.3 Å². The number of aromatic carboxylic acids is 1. The van der Waals surface area contributed by atoms with E-state index in [9.17, 15) is 106 Å². The number of ketones is 1. The summed E-state index contributed by atoms with van der Waals surface area (Å²) in [4.78, 5) is 71.2. The number of thioether (sulfide) groups is 1. The molecule has 0 radical (unpaired) electrons. The Morgan fingerprint density at radius 3 is 1.07 bits per heavy atom. The second-order valence-electron chi connectivity index (χ2n) is 31.6. The van der Waals surface area contributed by atoms with Crippen molar-refractivity contribution < 1.29 is 125 Å². The fourth-order valence-corrected chi connectivity index (χ4v) is 29.0. The average molecular weight is 2310 g/mol. The number of non-ortho nitro benzene ring substituents is 3. The Hall–Kier alpha value is -7.52. The molecule has 37 nitrogen and oxygen atoms in total. The van der Waals surface area contributed by atoms with E-state index in [2.05, 4.69) is 36.7 Å². The number of nitro benzene ring substituents is 3. The van der Waals surface area contributed by atoms with Gasteiger partial charge in [-0.15, -0.1) is 24.4 Å². The van der Waals surface area contributed by atoms with Crippen molar-refractivity contribution in [2.75, 3.05) is 138 Å². The molecule has 0 amide bonds. The van der Waals surface area contributed by atoms with Gasteiger partial charge in [-0.2, -0.15) is 8.42 Å². The molecule has 140 heavy (non-hydrogen) atoms. The van der Waals surface area contributed by atoms with Crippen molar-refractivity contribution in [1.29, 1.82) is 0 Å². The van der Waals surface area contributed by atoms with Crippen LogP contribution in [-0.4, -0.2) is 229 Å². The molecule has 54 heteroatoms. The maximum atomic E-state index is 12.8. The monoisotopic (exact) mass is 2300 g/mol. The summed E-state index contributed by atoms with van der Waals surface area (Å²) in [5.74, 6) is -5.08. The molecule has 2 aromatic heterocycles. The van der Waals surface area contributed by atoms with Crippen LogP contribution in [0.3, 0.4) is 0 Å². The number of sulfone groups is 3. The second kappa shape index (κ2) is 61.0. The van der Waals surface area contributed by atoms with Crippen molar-refractivity contribution in [1.82, 2.24) is 19.9 Å². The third-order valence-electron chi connectivity index (χ3n) is 16.6. The average Bonchev–Trinajstić information content (AvgIpc) is 0.736. The van der Waals surface area contributed by atoms with Gasteiger partial charge in [-0.3, -0.25) is 48.5 Å². The van der Waals surface area contributed by atoms with Gasteiger partial charge in [-0.25, -0.2) is 50.0 Å². The van der Waals surface area contributed by atoms with Crippen LogP contribution >= 0.6 is 96.0 Å². The molecule has 10 aromatic rings. The normalized spacial score (nSPS) is 11.4. The number of carboxylic acids is 1. The zero-order chi connectivity index (χ0) is 105. The fraction of sp³-hybridized carbons (Fsp3) is 0.314. The minimum atomic E-state index is -3.95. The summed E-state index contributed by atoms with van der Waals surface area (Å²) in [6.07, 6.45) is 3.54. The predicted octanol–water partition coefficient (Wildman–Crippen LogP) is 18.6. The summed E-state index contributed by atoms with van der Waals surface area (Å²) >= 11 is 15.8. The summed E-state index contributed by atoms with van der Waals surface area (Å²) in [6, 6.07) is 50.0. The molecule has 0 atom stereocenters. The molecule has 10 rings (SSSR count). The Morgan fingerprint density at radius 2 is 0.764 bits per heavy atom. The third kappa shape index (κ3) is 55.0. The molecule has 0 fully saturated rings. The van der Waals surface area contributed by atoms with E-state index in [1.54, 1.807) is 96.0 Å². The number of nitro groups is 3. The van der Waals surface area contributed by atoms with E-state index in [-0.39, 0.29) is 125 Å². The van der Waals surface area contributed by atoms with Gasteiger partial charge in [0.25, 0.3) is 33.0 Å². The van der Waals surface area contributed by atoms with Crippen LogP contribution < -0.4 is 34.2 Å². The zero-order valence-electron chi connectivity index (χ0n) is 80.1. The Balaban J connectivity index is 0. The molecule has 0 saturated heterocycles. The Morgan fingerprint density at radius 1 is 0.457 bits per heavy atom. The first kappa shape index (κ1) is 135. The van der Waals surface area contributed by atoms with Crippen molar-refractivity contribution in [2.24, 2.45) is 0 Å². The van der Waals surface area contributed by atoms with Crippen molar-refractivity contribution in [3.63, 3.8) is 0 Å². The molecule has 2 heterocycles. The molecule has 7 N–H and O–H groups in total. The number of carboxylic acid groups (broad SMARTS) is 1. The number of nitrogen functional groups attached to an aromatic ring is 3. The molecule has 0 bridgehead atoms. The van der Waals surface area contributed by atoms with Gasteiger partial charge in [-0.1, -0.05) is 103 Å². The first-order valence-electron chi connectivity index (χ1n) is 40.2. The summed E-state index contributed by atoms with van der Waals surface area (Å²) in [6.45, 7) is 29.6. The number of hydrogen-bond acceptors (Lipinski definition) is 35. The van der Waals surface area contributed by atoms with Gasteiger partial charge in [0.1, 0.15) is 28.5 Å². The number of halogens is 3. The summed E-state index contributed by atoms with van der Waals surface area (Å²) in [5.41, 5.74) is 23.0. The summed E-state index contributed by atoms with van der Waals surface area (Å²) in [7, 11) is -29.1. The number of anilines is 3. The van der Waals surface area contributed by atoms with Crippen LogP contribution in [0.25, 0.3) is 22.5 Å². The second-order valence-corrected chi connectivity index (χ2v) is 67.7. The number of rotatable bonds is 31. The van der Waals surface area contributed by atoms with Crippen molar-refractivity contribution in [3.05, 3.63) is 278 Å².